The molecule has 0 saturated heterocycles. The largest absolute Gasteiger partial charge is 0.378 e. The van der Waals surface area contributed by atoms with Crippen LogP contribution in [0.1, 0.15) is 27.7 Å². The molecular formula is C14H30N2O4. The van der Waals surface area contributed by atoms with Gasteiger partial charge in [0.05, 0.1) is 32.5 Å². The molecule has 0 bridgehead atoms. The van der Waals surface area contributed by atoms with E-state index in [1.807, 2.05) is 13.8 Å². The van der Waals surface area contributed by atoms with Crippen LogP contribution in [0, 0.1) is 0 Å². The van der Waals surface area contributed by atoms with Gasteiger partial charge in [-0.15, -0.1) is 0 Å². The summed E-state index contributed by atoms with van der Waals surface area (Å²) >= 11 is 0. The van der Waals surface area contributed by atoms with Gasteiger partial charge in [0.2, 0.25) is 5.91 Å². The molecule has 1 amide bonds. The number of hydrogen-bond acceptors (Lipinski definition) is 5. The van der Waals surface area contributed by atoms with Crippen molar-refractivity contribution in [1.82, 2.24) is 10.6 Å². The molecule has 0 aromatic heterocycles. The Morgan fingerprint density at radius 1 is 0.950 bits per heavy atom. The molecule has 0 aromatic carbocycles. The van der Waals surface area contributed by atoms with Crippen molar-refractivity contribution in [2.45, 2.75) is 39.8 Å². The molecule has 6 heteroatoms. The van der Waals surface area contributed by atoms with E-state index in [1.54, 1.807) is 0 Å². The van der Waals surface area contributed by atoms with Crippen molar-refractivity contribution in [3.8, 4) is 0 Å². The average Bonchev–Trinajstić information content (AvgIpc) is 2.38. The van der Waals surface area contributed by atoms with Gasteiger partial charge in [-0.3, -0.25) is 4.79 Å². The van der Waals surface area contributed by atoms with E-state index in [0.717, 1.165) is 6.54 Å². The van der Waals surface area contributed by atoms with Crippen molar-refractivity contribution in [3.63, 3.8) is 0 Å². The van der Waals surface area contributed by atoms with Gasteiger partial charge in [0.25, 0.3) is 0 Å². The van der Waals surface area contributed by atoms with Gasteiger partial charge in [0, 0.05) is 19.1 Å². The lowest BCUT2D eigenvalue weighted by Gasteiger charge is -2.10. The first-order valence-corrected chi connectivity index (χ1v) is 7.29. The maximum Gasteiger partial charge on any atom is 0.246 e. The lowest BCUT2D eigenvalue weighted by molar-refractivity contribution is -0.127. The number of amides is 1. The van der Waals surface area contributed by atoms with Crippen molar-refractivity contribution in [1.29, 1.82) is 0 Å². The van der Waals surface area contributed by atoms with Crippen molar-refractivity contribution in [2.24, 2.45) is 0 Å². The Kier molecular flexibility index (Phi) is 12.8. The van der Waals surface area contributed by atoms with Crippen LogP contribution < -0.4 is 10.6 Å². The molecular weight excluding hydrogens is 260 g/mol. The highest BCUT2D eigenvalue weighted by Crippen LogP contribution is 1.86. The predicted octanol–water partition coefficient (Wildman–Crippen LogP) is 0.559. The molecule has 120 valence electrons. The van der Waals surface area contributed by atoms with Crippen LogP contribution in [0.2, 0.25) is 0 Å². The molecule has 0 fully saturated rings. The zero-order chi connectivity index (χ0) is 15.2. The molecule has 0 aliphatic heterocycles. The molecule has 0 unspecified atom stereocenters. The smallest absolute Gasteiger partial charge is 0.246 e. The molecule has 6 nitrogen and oxygen atoms in total. The molecule has 0 saturated carbocycles. The fourth-order valence-electron chi connectivity index (χ4n) is 1.30. The number of carbonyl (C=O) groups is 1. The van der Waals surface area contributed by atoms with Crippen molar-refractivity contribution in [2.75, 3.05) is 46.1 Å². The first-order valence-electron chi connectivity index (χ1n) is 7.29. The van der Waals surface area contributed by atoms with Crippen LogP contribution in [0.4, 0.5) is 0 Å². The fraction of sp³-hybridized carbons (Fsp3) is 0.929. The number of rotatable bonds is 13. The number of hydrogen-bond donors (Lipinski definition) is 2. The molecule has 0 aromatic rings. The molecule has 0 radical (unpaired) electrons. The maximum absolute atomic E-state index is 11.3. The third-order valence-electron chi connectivity index (χ3n) is 2.29. The number of carbonyl (C=O) groups excluding carboxylic acids is 1. The van der Waals surface area contributed by atoms with Crippen LogP contribution in [0.5, 0.6) is 0 Å². The standard InChI is InChI=1S/C14H30N2O4/c1-12(2)15-5-7-18-9-10-19-8-6-16-14(17)11-20-13(3)4/h12-13,15H,5-11H2,1-4H3,(H,16,17). The minimum absolute atomic E-state index is 0.0688. The monoisotopic (exact) mass is 290 g/mol. The summed E-state index contributed by atoms with van der Waals surface area (Å²) < 4.78 is 15.9. The van der Waals surface area contributed by atoms with Crippen LogP contribution in [-0.4, -0.2) is 64.2 Å². The van der Waals surface area contributed by atoms with Gasteiger partial charge >= 0.3 is 0 Å². The molecule has 0 atom stereocenters. The van der Waals surface area contributed by atoms with Gasteiger partial charge in [-0.25, -0.2) is 0 Å². The van der Waals surface area contributed by atoms with Crippen molar-refractivity contribution in [3.05, 3.63) is 0 Å². The van der Waals surface area contributed by atoms with E-state index >= 15 is 0 Å². The van der Waals surface area contributed by atoms with E-state index in [1.165, 1.54) is 0 Å². The van der Waals surface area contributed by atoms with E-state index in [9.17, 15) is 4.79 Å². The molecule has 0 aliphatic rings. The van der Waals surface area contributed by atoms with E-state index in [0.29, 0.717) is 39.0 Å². The number of nitrogens with one attached hydrogen (secondary N) is 2. The van der Waals surface area contributed by atoms with E-state index in [4.69, 9.17) is 14.2 Å². The first-order chi connectivity index (χ1) is 9.52. The van der Waals surface area contributed by atoms with Crippen molar-refractivity contribution >= 4 is 5.91 Å². The molecule has 0 spiro atoms. The summed E-state index contributed by atoms with van der Waals surface area (Å²) in [4.78, 5) is 11.3. The maximum atomic E-state index is 11.3. The highest BCUT2D eigenvalue weighted by Gasteiger charge is 2.02. The SMILES string of the molecule is CC(C)NCCOCCOCCNC(=O)COC(C)C. The van der Waals surface area contributed by atoms with E-state index in [-0.39, 0.29) is 18.6 Å². The van der Waals surface area contributed by atoms with Gasteiger partial charge in [0.15, 0.2) is 0 Å². The Hall–Kier alpha value is -0.690. The fourth-order valence-corrected chi connectivity index (χ4v) is 1.30. The Morgan fingerprint density at radius 3 is 2.10 bits per heavy atom. The second kappa shape index (κ2) is 13.3. The van der Waals surface area contributed by atoms with Gasteiger partial charge < -0.3 is 24.8 Å². The van der Waals surface area contributed by atoms with Crippen LogP contribution in [0.25, 0.3) is 0 Å². The van der Waals surface area contributed by atoms with E-state index < -0.39 is 0 Å². The third-order valence-corrected chi connectivity index (χ3v) is 2.29. The Balaban J connectivity index is 3.14. The van der Waals surface area contributed by atoms with Crippen LogP contribution in [0.15, 0.2) is 0 Å². The summed E-state index contributed by atoms with van der Waals surface area (Å²) in [6.07, 6.45) is 0.0688. The summed E-state index contributed by atoms with van der Waals surface area (Å²) in [5.74, 6) is -0.113. The van der Waals surface area contributed by atoms with Gasteiger partial charge in [-0.2, -0.15) is 0 Å². The molecule has 0 heterocycles. The average molecular weight is 290 g/mol. The molecule has 0 aliphatic carbocycles. The third kappa shape index (κ3) is 15.4. The summed E-state index contributed by atoms with van der Waals surface area (Å²) in [7, 11) is 0. The summed E-state index contributed by atoms with van der Waals surface area (Å²) in [5.41, 5.74) is 0. The Morgan fingerprint density at radius 2 is 1.55 bits per heavy atom. The molecule has 20 heavy (non-hydrogen) atoms. The van der Waals surface area contributed by atoms with Crippen LogP contribution in [0.3, 0.4) is 0 Å². The quantitative estimate of drug-likeness (QED) is 0.485. The van der Waals surface area contributed by atoms with Crippen LogP contribution >= 0.6 is 0 Å². The van der Waals surface area contributed by atoms with Gasteiger partial charge in [0.1, 0.15) is 6.61 Å². The highest BCUT2D eigenvalue weighted by molar-refractivity contribution is 5.77. The number of ether oxygens (including phenoxy) is 3. The minimum atomic E-state index is -0.113. The minimum Gasteiger partial charge on any atom is -0.378 e. The lowest BCUT2D eigenvalue weighted by atomic mass is 10.4. The zero-order valence-corrected chi connectivity index (χ0v) is 13.2. The van der Waals surface area contributed by atoms with Crippen molar-refractivity contribution < 1.29 is 19.0 Å². The lowest BCUT2D eigenvalue weighted by Crippen LogP contribution is -2.31. The Bertz CT molecular complexity index is 235. The van der Waals surface area contributed by atoms with Gasteiger partial charge in [-0.05, 0) is 13.8 Å². The highest BCUT2D eigenvalue weighted by atomic mass is 16.5. The van der Waals surface area contributed by atoms with Gasteiger partial charge in [-0.1, -0.05) is 13.8 Å². The first kappa shape index (κ1) is 19.3. The normalized spacial score (nSPS) is 11.3. The second-order valence-electron chi connectivity index (χ2n) is 5.04. The second-order valence-corrected chi connectivity index (χ2v) is 5.04. The predicted molar refractivity (Wildman–Crippen MR) is 78.9 cm³/mol. The topological polar surface area (TPSA) is 68.8 Å². The molecule has 2 N–H and O–H groups in total. The molecule has 0 rings (SSSR count). The summed E-state index contributed by atoms with van der Waals surface area (Å²) in [5, 5.41) is 5.99. The van der Waals surface area contributed by atoms with Crippen LogP contribution in [-0.2, 0) is 19.0 Å². The zero-order valence-electron chi connectivity index (χ0n) is 13.2. The Labute approximate surface area is 122 Å². The summed E-state index contributed by atoms with van der Waals surface area (Å²) in [6, 6.07) is 0.484. The van der Waals surface area contributed by atoms with E-state index in [2.05, 4.69) is 24.5 Å². The summed E-state index contributed by atoms with van der Waals surface area (Å²) in [6.45, 7) is 11.7.